The lowest BCUT2D eigenvalue weighted by molar-refractivity contribution is 0.0697. The lowest BCUT2D eigenvalue weighted by Gasteiger charge is -2.08. The highest BCUT2D eigenvalue weighted by atomic mass is 16.4. The van der Waals surface area contributed by atoms with Crippen molar-refractivity contribution in [3.05, 3.63) is 53.7 Å². The van der Waals surface area contributed by atoms with Crippen molar-refractivity contribution < 1.29 is 9.90 Å². The van der Waals surface area contributed by atoms with E-state index in [9.17, 15) is 4.79 Å². The van der Waals surface area contributed by atoms with Crippen LogP contribution in [0.5, 0.6) is 0 Å². The minimum Gasteiger partial charge on any atom is -0.478 e. The van der Waals surface area contributed by atoms with Crippen LogP contribution in [-0.4, -0.2) is 16.1 Å². The smallest absolute Gasteiger partial charge is 0.336 e. The lowest BCUT2D eigenvalue weighted by atomic mass is 9.99. The van der Waals surface area contributed by atoms with Gasteiger partial charge in [0.1, 0.15) is 0 Å². The number of hydrogen-bond donors (Lipinski definition) is 1. The monoisotopic (exact) mass is 213 g/mol. The predicted molar refractivity (Wildman–Crippen MR) is 61.4 cm³/mol. The molecule has 3 heteroatoms. The van der Waals surface area contributed by atoms with Gasteiger partial charge < -0.3 is 5.11 Å². The summed E-state index contributed by atoms with van der Waals surface area (Å²) in [6.45, 7) is 1.89. The second kappa shape index (κ2) is 4.14. The molecule has 80 valence electrons. The van der Waals surface area contributed by atoms with E-state index >= 15 is 0 Å². The predicted octanol–water partition coefficient (Wildman–Crippen LogP) is 2.76. The molecule has 1 aromatic heterocycles. The fraction of sp³-hybridized carbons (Fsp3) is 0.0769. The summed E-state index contributed by atoms with van der Waals surface area (Å²) in [4.78, 5) is 15.3. The first-order chi connectivity index (χ1) is 7.70. The van der Waals surface area contributed by atoms with E-state index in [2.05, 4.69) is 4.98 Å². The molecule has 0 aliphatic rings. The number of carbonyl (C=O) groups is 1. The quantitative estimate of drug-likeness (QED) is 0.834. The van der Waals surface area contributed by atoms with Gasteiger partial charge in [-0.25, -0.2) is 4.79 Å². The number of benzene rings is 1. The van der Waals surface area contributed by atoms with E-state index in [1.807, 2.05) is 31.2 Å². The summed E-state index contributed by atoms with van der Waals surface area (Å²) in [5, 5.41) is 9.12. The standard InChI is InChI=1S/C13H11NO2/c1-9-5-4-6-10(13(15)16)12(9)11-7-2-3-8-14-11/h2-8H,1H3,(H,15,16). The zero-order valence-corrected chi connectivity index (χ0v) is 8.84. The van der Waals surface area contributed by atoms with Gasteiger partial charge in [0.2, 0.25) is 0 Å². The largest absolute Gasteiger partial charge is 0.478 e. The number of carboxylic acids is 1. The van der Waals surface area contributed by atoms with Crippen molar-refractivity contribution in [2.24, 2.45) is 0 Å². The number of aromatic nitrogens is 1. The van der Waals surface area contributed by atoms with E-state index in [1.165, 1.54) is 0 Å². The highest BCUT2D eigenvalue weighted by Crippen LogP contribution is 2.25. The van der Waals surface area contributed by atoms with Crippen LogP contribution in [0.3, 0.4) is 0 Å². The van der Waals surface area contributed by atoms with Crippen LogP contribution < -0.4 is 0 Å². The van der Waals surface area contributed by atoms with Crippen molar-refractivity contribution in [3.8, 4) is 11.3 Å². The molecule has 0 radical (unpaired) electrons. The SMILES string of the molecule is Cc1cccc(C(=O)O)c1-c1ccccn1. The molecule has 3 nitrogen and oxygen atoms in total. The first-order valence-electron chi connectivity index (χ1n) is 4.94. The first-order valence-corrected chi connectivity index (χ1v) is 4.94. The normalized spacial score (nSPS) is 10.1. The second-order valence-corrected chi connectivity index (χ2v) is 3.52. The number of rotatable bonds is 2. The molecular formula is C13H11NO2. The molecule has 0 spiro atoms. The number of nitrogens with zero attached hydrogens (tertiary/aromatic N) is 1. The molecule has 0 saturated heterocycles. The van der Waals surface area contributed by atoms with Crippen LogP contribution in [0.2, 0.25) is 0 Å². The molecule has 1 N–H and O–H groups in total. The Morgan fingerprint density at radius 1 is 1.19 bits per heavy atom. The Morgan fingerprint density at radius 3 is 2.62 bits per heavy atom. The van der Waals surface area contributed by atoms with Crippen molar-refractivity contribution in [2.45, 2.75) is 6.92 Å². The number of carboxylic acid groups (broad SMARTS) is 1. The van der Waals surface area contributed by atoms with E-state index in [-0.39, 0.29) is 0 Å². The molecule has 0 fully saturated rings. The van der Waals surface area contributed by atoms with Crippen molar-refractivity contribution in [3.63, 3.8) is 0 Å². The summed E-state index contributed by atoms with van der Waals surface area (Å²) < 4.78 is 0. The third kappa shape index (κ3) is 1.80. The summed E-state index contributed by atoms with van der Waals surface area (Å²) >= 11 is 0. The van der Waals surface area contributed by atoms with Crippen molar-refractivity contribution in [1.82, 2.24) is 4.98 Å². The summed E-state index contributed by atoms with van der Waals surface area (Å²) in [5.74, 6) is -0.927. The van der Waals surface area contributed by atoms with Crippen LogP contribution in [0.1, 0.15) is 15.9 Å². The summed E-state index contributed by atoms with van der Waals surface area (Å²) in [6, 6.07) is 10.7. The first kappa shape index (κ1) is 10.4. The zero-order valence-electron chi connectivity index (χ0n) is 8.84. The zero-order chi connectivity index (χ0) is 11.5. The van der Waals surface area contributed by atoms with Gasteiger partial charge in [0, 0.05) is 11.8 Å². The Balaban J connectivity index is 2.68. The van der Waals surface area contributed by atoms with Crippen molar-refractivity contribution >= 4 is 5.97 Å². The highest BCUT2D eigenvalue weighted by molar-refractivity contribution is 5.96. The van der Waals surface area contributed by atoms with Gasteiger partial charge in [-0.05, 0) is 30.7 Å². The molecule has 0 aliphatic carbocycles. The summed E-state index contributed by atoms with van der Waals surface area (Å²) in [6.07, 6.45) is 1.66. The third-order valence-electron chi connectivity index (χ3n) is 2.42. The van der Waals surface area contributed by atoms with Gasteiger partial charge in [0.15, 0.2) is 0 Å². The van der Waals surface area contributed by atoms with E-state index in [0.717, 1.165) is 5.56 Å². The van der Waals surface area contributed by atoms with Crippen LogP contribution in [0.25, 0.3) is 11.3 Å². The molecule has 0 atom stereocenters. The Labute approximate surface area is 93.4 Å². The van der Waals surface area contributed by atoms with Crippen LogP contribution >= 0.6 is 0 Å². The van der Waals surface area contributed by atoms with Gasteiger partial charge in [-0.1, -0.05) is 18.2 Å². The molecule has 2 rings (SSSR count). The Kier molecular flexibility index (Phi) is 2.68. The molecule has 16 heavy (non-hydrogen) atoms. The Bertz CT molecular complexity index is 521. The fourth-order valence-corrected chi connectivity index (χ4v) is 1.70. The molecule has 0 unspecified atom stereocenters. The molecule has 0 saturated carbocycles. The Morgan fingerprint density at radius 2 is 2.00 bits per heavy atom. The molecule has 1 heterocycles. The van der Waals surface area contributed by atoms with Crippen LogP contribution in [0.15, 0.2) is 42.6 Å². The van der Waals surface area contributed by atoms with Gasteiger partial charge in [0.05, 0.1) is 11.3 Å². The molecule has 1 aromatic carbocycles. The van der Waals surface area contributed by atoms with Gasteiger partial charge in [-0.3, -0.25) is 4.98 Å². The Hall–Kier alpha value is -2.16. The summed E-state index contributed by atoms with van der Waals surface area (Å²) in [5.41, 5.74) is 2.59. The molecule has 0 bridgehead atoms. The van der Waals surface area contributed by atoms with E-state index in [0.29, 0.717) is 16.8 Å². The van der Waals surface area contributed by atoms with Crippen LogP contribution in [0.4, 0.5) is 0 Å². The number of aryl methyl sites for hydroxylation is 1. The molecular weight excluding hydrogens is 202 g/mol. The minimum atomic E-state index is -0.927. The summed E-state index contributed by atoms with van der Waals surface area (Å²) in [7, 11) is 0. The van der Waals surface area contributed by atoms with Gasteiger partial charge >= 0.3 is 5.97 Å². The van der Waals surface area contributed by atoms with E-state index in [1.54, 1.807) is 18.3 Å². The topological polar surface area (TPSA) is 50.2 Å². The van der Waals surface area contributed by atoms with Gasteiger partial charge in [-0.15, -0.1) is 0 Å². The van der Waals surface area contributed by atoms with Crippen LogP contribution in [0, 0.1) is 6.92 Å². The fourth-order valence-electron chi connectivity index (χ4n) is 1.70. The van der Waals surface area contributed by atoms with Crippen molar-refractivity contribution in [1.29, 1.82) is 0 Å². The maximum atomic E-state index is 11.1. The minimum absolute atomic E-state index is 0.290. The maximum absolute atomic E-state index is 11.1. The average molecular weight is 213 g/mol. The van der Waals surface area contributed by atoms with Gasteiger partial charge in [0.25, 0.3) is 0 Å². The second-order valence-electron chi connectivity index (χ2n) is 3.52. The molecule has 0 aliphatic heterocycles. The lowest BCUT2D eigenvalue weighted by Crippen LogP contribution is -2.01. The van der Waals surface area contributed by atoms with E-state index < -0.39 is 5.97 Å². The molecule has 2 aromatic rings. The van der Waals surface area contributed by atoms with Crippen molar-refractivity contribution in [2.75, 3.05) is 0 Å². The van der Waals surface area contributed by atoms with E-state index in [4.69, 9.17) is 5.11 Å². The number of aromatic carboxylic acids is 1. The van der Waals surface area contributed by atoms with Crippen LogP contribution in [-0.2, 0) is 0 Å². The number of hydrogen-bond acceptors (Lipinski definition) is 2. The van der Waals surface area contributed by atoms with Gasteiger partial charge in [-0.2, -0.15) is 0 Å². The third-order valence-corrected chi connectivity index (χ3v) is 2.42. The average Bonchev–Trinajstić information content (AvgIpc) is 2.29. The maximum Gasteiger partial charge on any atom is 0.336 e. The highest BCUT2D eigenvalue weighted by Gasteiger charge is 2.13. The molecule has 0 amide bonds. The number of pyridine rings is 1.